The standard InChI is InChI=1S/C15H20N4O2/c1-4-10(2)17-15(20)13-8-14(19-11(3)18-13)16-9-12-6-5-7-21-12/h5-8,10H,4,9H2,1-3H3,(H,17,20)(H,16,18,19). The van der Waals surface area contributed by atoms with Crippen molar-refractivity contribution in [2.75, 3.05) is 5.32 Å². The molecule has 2 rings (SSSR count). The lowest BCUT2D eigenvalue weighted by atomic mass is 10.2. The van der Waals surface area contributed by atoms with Gasteiger partial charge in [-0.25, -0.2) is 9.97 Å². The van der Waals surface area contributed by atoms with E-state index >= 15 is 0 Å². The first-order valence-corrected chi connectivity index (χ1v) is 7.01. The summed E-state index contributed by atoms with van der Waals surface area (Å²) in [6.07, 6.45) is 2.49. The number of hydrogen-bond acceptors (Lipinski definition) is 5. The Hall–Kier alpha value is -2.37. The first-order valence-electron chi connectivity index (χ1n) is 7.01. The van der Waals surface area contributed by atoms with Crippen molar-refractivity contribution in [2.24, 2.45) is 0 Å². The second-order valence-corrected chi connectivity index (χ2v) is 4.90. The third-order valence-electron chi connectivity index (χ3n) is 3.08. The van der Waals surface area contributed by atoms with E-state index < -0.39 is 0 Å². The summed E-state index contributed by atoms with van der Waals surface area (Å²) in [6, 6.07) is 5.46. The van der Waals surface area contributed by atoms with Gasteiger partial charge in [0.25, 0.3) is 5.91 Å². The summed E-state index contributed by atoms with van der Waals surface area (Å²) in [7, 11) is 0. The van der Waals surface area contributed by atoms with E-state index in [9.17, 15) is 4.79 Å². The van der Waals surface area contributed by atoms with Crippen molar-refractivity contribution in [3.63, 3.8) is 0 Å². The van der Waals surface area contributed by atoms with Gasteiger partial charge < -0.3 is 15.1 Å². The van der Waals surface area contributed by atoms with Crippen molar-refractivity contribution in [2.45, 2.75) is 39.8 Å². The van der Waals surface area contributed by atoms with Crippen molar-refractivity contribution < 1.29 is 9.21 Å². The maximum atomic E-state index is 12.1. The number of carbonyl (C=O) groups is 1. The molecule has 0 spiro atoms. The number of rotatable bonds is 6. The molecule has 0 aliphatic carbocycles. The van der Waals surface area contributed by atoms with Crippen LogP contribution in [0.15, 0.2) is 28.9 Å². The first-order chi connectivity index (χ1) is 10.1. The minimum absolute atomic E-state index is 0.118. The molecule has 0 aliphatic heterocycles. The van der Waals surface area contributed by atoms with Gasteiger partial charge in [-0.3, -0.25) is 4.79 Å². The fourth-order valence-electron chi connectivity index (χ4n) is 1.77. The Balaban J connectivity index is 2.07. The number of carbonyl (C=O) groups excluding carboxylic acids is 1. The van der Waals surface area contributed by atoms with Crippen LogP contribution >= 0.6 is 0 Å². The molecule has 2 aromatic rings. The van der Waals surface area contributed by atoms with Crippen LogP contribution in [0.3, 0.4) is 0 Å². The molecule has 21 heavy (non-hydrogen) atoms. The Morgan fingerprint density at radius 1 is 1.43 bits per heavy atom. The fraction of sp³-hybridized carbons (Fsp3) is 0.400. The van der Waals surface area contributed by atoms with Crippen LogP contribution in [0.4, 0.5) is 5.82 Å². The van der Waals surface area contributed by atoms with E-state index in [-0.39, 0.29) is 11.9 Å². The molecule has 6 heteroatoms. The number of aryl methyl sites for hydroxylation is 1. The van der Waals surface area contributed by atoms with Crippen molar-refractivity contribution in [1.82, 2.24) is 15.3 Å². The van der Waals surface area contributed by atoms with Crippen molar-refractivity contribution in [3.8, 4) is 0 Å². The normalized spacial score (nSPS) is 12.0. The van der Waals surface area contributed by atoms with E-state index in [1.165, 1.54) is 0 Å². The highest BCUT2D eigenvalue weighted by molar-refractivity contribution is 5.93. The fourth-order valence-corrected chi connectivity index (χ4v) is 1.77. The van der Waals surface area contributed by atoms with Gasteiger partial charge in [0.05, 0.1) is 12.8 Å². The van der Waals surface area contributed by atoms with Crippen LogP contribution < -0.4 is 10.6 Å². The summed E-state index contributed by atoms with van der Waals surface area (Å²) < 4.78 is 5.25. The van der Waals surface area contributed by atoms with E-state index in [4.69, 9.17) is 4.42 Å². The molecule has 0 radical (unpaired) electrons. The maximum absolute atomic E-state index is 12.1. The summed E-state index contributed by atoms with van der Waals surface area (Å²) in [5.74, 6) is 1.77. The van der Waals surface area contributed by atoms with Gasteiger partial charge in [0.15, 0.2) is 0 Å². The van der Waals surface area contributed by atoms with Gasteiger partial charge in [0, 0.05) is 12.1 Å². The minimum atomic E-state index is -0.184. The molecule has 1 amide bonds. The van der Waals surface area contributed by atoms with Gasteiger partial charge in [-0.15, -0.1) is 0 Å². The highest BCUT2D eigenvalue weighted by Crippen LogP contribution is 2.10. The van der Waals surface area contributed by atoms with Crippen LogP contribution in [0.5, 0.6) is 0 Å². The summed E-state index contributed by atoms with van der Waals surface area (Å²) in [6.45, 7) is 6.25. The number of hydrogen-bond donors (Lipinski definition) is 2. The molecule has 2 heterocycles. The maximum Gasteiger partial charge on any atom is 0.270 e. The van der Waals surface area contributed by atoms with Gasteiger partial charge in [0.2, 0.25) is 0 Å². The van der Waals surface area contributed by atoms with Crippen LogP contribution in [-0.2, 0) is 6.54 Å². The lowest BCUT2D eigenvalue weighted by molar-refractivity contribution is 0.0934. The second kappa shape index (κ2) is 6.88. The van der Waals surface area contributed by atoms with E-state index in [1.807, 2.05) is 26.0 Å². The molecular weight excluding hydrogens is 268 g/mol. The van der Waals surface area contributed by atoms with E-state index in [0.717, 1.165) is 12.2 Å². The lowest BCUT2D eigenvalue weighted by Gasteiger charge is -2.12. The van der Waals surface area contributed by atoms with E-state index in [1.54, 1.807) is 19.3 Å². The minimum Gasteiger partial charge on any atom is -0.467 e. The molecule has 0 aliphatic rings. The molecule has 2 aromatic heterocycles. The Labute approximate surface area is 124 Å². The van der Waals surface area contributed by atoms with Gasteiger partial charge in [-0.05, 0) is 32.4 Å². The smallest absolute Gasteiger partial charge is 0.270 e. The lowest BCUT2D eigenvalue weighted by Crippen LogP contribution is -2.32. The highest BCUT2D eigenvalue weighted by Gasteiger charge is 2.12. The van der Waals surface area contributed by atoms with E-state index in [0.29, 0.717) is 23.9 Å². The van der Waals surface area contributed by atoms with Crippen molar-refractivity contribution >= 4 is 11.7 Å². The summed E-state index contributed by atoms with van der Waals surface area (Å²) in [4.78, 5) is 20.6. The van der Waals surface area contributed by atoms with Crippen LogP contribution in [0, 0.1) is 6.92 Å². The van der Waals surface area contributed by atoms with E-state index in [2.05, 4.69) is 20.6 Å². The van der Waals surface area contributed by atoms with Crippen molar-refractivity contribution in [3.05, 3.63) is 41.7 Å². The average Bonchev–Trinajstić information content (AvgIpc) is 2.97. The molecule has 0 bridgehead atoms. The molecule has 0 fully saturated rings. The largest absolute Gasteiger partial charge is 0.467 e. The van der Waals surface area contributed by atoms with Gasteiger partial charge in [-0.1, -0.05) is 6.92 Å². The third kappa shape index (κ3) is 4.30. The number of furan rings is 1. The summed E-state index contributed by atoms with van der Waals surface area (Å²) in [5.41, 5.74) is 0.366. The molecule has 1 atom stereocenters. The zero-order valence-corrected chi connectivity index (χ0v) is 12.5. The van der Waals surface area contributed by atoms with Gasteiger partial charge in [0.1, 0.15) is 23.1 Å². The zero-order valence-electron chi connectivity index (χ0n) is 12.5. The number of amides is 1. The number of nitrogens with one attached hydrogen (secondary N) is 2. The first kappa shape index (κ1) is 15.0. The molecule has 0 aromatic carbocycles. The van der Waals surface area contributed by atoms with Gasteiger partial charge >= 0.3 is 0 Å². The van der Waals surface area contributed by atoms with Crippen LogP contribution in [0.25, 0.3) is 0 Å². The summed E-state index contributed by atoms with van der Waals surface area (Å²) in [5, 5.41) is 6.02. The molecule has 112 valence electrons. The molecule has 0 saturated heterocycles. The SMILES string of the molecule is CCC(C)NC(=O)c1cc(NCc2ccco2)nc(C)n1. The molecule has 6 nitrogen and oxygen atoms in total. The predicted octanol–water partition coefficient (Wildman–Crippen LogP) is 2.52. The number of nitrogens with zero attached hydrogens (tertiary/aromatic N) is 2. The topological polar surface area (TPSA) is 80.0 Å². The van der Waals surface area contributed by atoms with Crippen LogP contribution in [-0.4, -0.2) is 21.9 Å². The Morgan fingerprint density at radius 2 is 2.24 bits per heavy atom. The number of anilines is 1. The molecule has 0 saturated carbocycles. The molecule has 1 unspecified atom stereocenters. The Morgan fingerprint density at radius 3 is 2.90 bits per heavy atom. The third-order valence-corrected chi connectivity index (χ3v) is 3.08. The predicted molar refractivity (Wildman–Crippen MR) is 80.0 cm³/mol. The summed E-state index contributed by atoms with van der Waals surface area (Å²) >= 11 is 0. The van der Waals surface area contributed by atoms with Crippen LogP contribution in [0.1, 0.15) is 42.3 Å². The van der Waals surface area contributed by atoms with Crippen molar-refractivity contribution in [1.29, 1.82) is 0 Å². The van der Waals surface area contributed by atoms with Gasteiger partial charge in [-0.2, -0.15) is 0 Å². The Kier molecular flexibility index (Phi) is 4.92. The molecular formula is C15H20N4O2. The quantitative estimate of drug-likeness (QED) is 0.853. The zero-order chi connectivity index (χ0) is 15.2. The van der Waals surface area contributed by atoms with Crippen LogP contribution in [0.2, 0.25) is 0 Å². The Bertz CT molecular complexity index is 596. The monoisotopic (exact) mass is 288 g/mol. The highest BCUT2D eigenvalue weighted by atomic mass is 16.3. The number of aromatic nitrogens is 2. The second-order valence-electron chi connectivity index (χ2n) is 4.90. The molecule has 2 N–H and O–H groups in total. The average molecular weight is 288 g/mol.